The third-order valence-electron chi connectivity index (χ3n) is 5.12. The van der Waals surface area contributed by atoms with Gasteiger partial charge in [-0.15, -0.1) is 10.2 Å². The number of amides is 2. The summed E-state index contributed by atoms with van der Waals surface area (Å²) in [6.07, 6.45) is 0. The molecule has 0 aliphatic carbocycles. The normalized spacial score (nSPS) is 11.8. The lowest BCUT2D eigenvalue weighted by molar-refractivity contribution is 0.248. The van der Waals surface area contributed by atoms with E-state index in [1.807, 2.05) is 47.9 Å². The third kappa shape index (κ3) is 6.38. The molecule has 10 heteroatoms. The Bertz CT molecular complexity index is 1360. The number of urea groups is 1. The molecule has 0 radical (unpaired) electrons. The van der Waals surface area contributed by atoms with Crippen LogP contribution in [0.4, 0.5) is 10.5 Å². The Morgan fingerprint density at radius 2 is 1.89 bits per heavy atom. The quantitative estimate of drug-likeness (QED) is 0.215. The van der Waals surface area contributed by atoms with Crippen molar-refractivity contribution < 1.29 is 4.79 Å². The molecule has 0 spiro atoms. The van der Waals surface area contributed by atoms with Crippen molar-refractivity contribution in [1.29, 1.82) is 0 Å². The number of aromatic nitrogens is 3. The second-order valence-corrected chi connectivity index (χ2v) is 10.5. The van der Waals surface area contributed by atoms with Crippen LogP contribution in [0.5, 0.6) is 0 Å². The van der Waals surface area contributed by atoms with E-state index in [9.17, 15) is 4.79 Å². The van der Waals surface area contributed by atoms with Gasteiger partial charge in [0.25, 0.3) is 0 Å². The smallest absolute Gasteiger partial charge is 0.319 e. The van der Waals surface area contributed by atoms with Crippen LogP contribution < -0.4 is 10.6 Å². The first-order chi connectivity index (χ1) is 16.8. The molecule has 0 saturated carbocycles. The zero-order valence-electron chi connectivity index (χ0n) is 18.9. The van der Waals surface area contributed by atoms with Crippen LogP contribution in [0.25, 0.3) is 5.69 Å². The van der Waals surface area contributed by atoms with Crippen LogP contribution in [0.2, 0.25) is 10.0 Å². The minimum atomic E-state index is -0.468. The number of nitrogens with one attached hydrogen (secondary N) is 2. The average Bonchev–Trinajstić information content (AvgIpc) is 3.23. The van der Waals surface area contributed by atoms with Crippen molar-refractivity contribution in [2.24, 2.45) is 0 Å². The van der Waals surface area contributed by atoms with E-state index in [0.717, 1.165) is 4.47 Å². The highest BCUT2D eigenvalue weighted by atomic mass is 79.9. The van der Waals surface area contributed by atoms with Gasteiger partial charge in [0.05, 0.1) is 22.4 Å². The number of para-hydroxylation sites is 1. The number of carbonyl (C=O) groups excluding carboxylic acids is 1. The van der Waals surface area contributed by atoms with Crippen molar-refractivity contribution in [2.75, 3.05) is 5.32 Å². The van der Waals surface area contributed by atoms with Gasteiger partial charge in [0.2, 0.25) is 0 Å². The third-order valence-corrected chi connectivity index (χ3v) is 7.35. The van der Waals surface area contributed by atoms with Gasteiger partial charge < -0.3 is 10.6 Å². The Hall–Kier alpha value is -2.52. The summed E-state index contributed by atoms with van der Waals surface area (Å²) < 4.78 is 2.65. The minimum absolute atomic E-state index is 0.366. The van der Waals surface area contributed by atoms with E-state index in [1.165, 1.54) is 11.1 Å². The SMILES string of the molecule is Cc1cccc(CSc2nnc(C(C)NC(=O)Nc3ccccc3Br)n2-c2ccc(Cl)cc2Cl)c1. The van der Waals surface area contributed by atoms with E-state index in [4.69, 9.17) is 23.2 Å². The predicted molar refractivity (Wildman–Crippen MR) is 147 cm³/mol. The van der Waals surface area contributed by atoms with Gasteiger partial charge in [0, 0.05) is 15.2 Å². The van der Waals surface area contributed by atoms with Crippen molar-refractivity contribution in [2.45, 2.75) is 30.8 Å². The Balaban J connectivity index is 1.61. The van der Waals surface area contributed by atoms with Crippen LogP contribution in [0.3, 0.4) is 0 Å². The molecule has 1 atom stereocenters. The van der Waals surface area contributed by atoms with Crippen molar-refractivity contribution >= 4 is 62.6 Å². The van der Waals surface area contributed by atoms with Crippen molar-refractivity contribution in [3.05, 3.63) is 98.2 Å². The largest absolute Gasteiger partial charge is 0.328 e. The number of thioether (sulfide) groups is 1. The Kier molecular flexibility index (Phi) is 8.38. The maximum absolute atomic E-state index is 12.7. The van der Waals surface area contributed by atoms with Crippen molar-refractivity contribution in [3.63, 3.8) is 0 Å². The van der Waals surface area contributed by atoms with Crippen molar-refractivity contribution in [1.82, 2.24) is 20.1 Å². The zero-order chi connectivity index (χ0) is 24.9. The molecular formula is C25H22BrCl2N5OS. The summed E-state index contributed by atoms with van der Waals surface area (Å²) in [5.74, 6) is 1.25. The van der Waals surface area contributed by atoms with Crippen molar-refractivity contribution in [3.8, 4) is 5.69 Å². The number of benzene rings is 3. The van der Waals surface area contributed by atoms with Crippen LogP contribution in [0, 0.1) is 6.92 Å². The highest BCUT2D eigenvalue weighted by Crippen LogP contribution is 2.32. The monoisotopic (exact) mass is 589 g/mol. The molecule has 4 rings (SSSR count). The van der Waals surface area contributed by atoms with Crippen LogP contribution >= 0.6 is 50.9 Å². The molecule has 2 N–H and O–H groups in total. The summed E-state index contributed by atoms with van der Waals surface area (Å²) in [7, 11) is 0. The first-order valence-electron chi connectivity index (χ1n) is 10.7. The lowest BCUT2D eigenvalue weighted by Gasteiger charge is -2.18. The first kappa shape index (κ1) is 25.6. The van der Waals surface area contributed by atoms with Gasteiger partial charge >= 0.3 is 6.03 Å². The van der Waals surface area contributed by atoms with E-state index >= 15 is 0 Å². The molecule has 180 valence electrons. The topological polar surface area (TPSA) is 71.8 Å². The van der Waals surface area contributed by atoms with Crippen LogP contribution in [-0.4, -0.2) is 20.8 Å². The number of hydrogen-bond donors (Lipinski definition) is 2. The molecule has 4 aromatic rings. The second-order valence-electron chi connectivity index (χ2n) is 7.85. The molecule has 3 aromatic carbocycles. The lowest BCUT2D eigenvalue weighted by atomic mass is 10.2. The number of carbonyl (C=O) groups is 1. The summed E-state index contributed by atoms with van der Waals surface area (Å²) in [6, 6.07) is 20.1. The molecule has 0 bridgehead atoms. The van der Waals surface area contributed by atoms with E-state index in [2.05, 4.69) is 61.9 Å². The second kappa shape index (κ2) is 11.5. The van der Waals surface area contributed by atoms with E-state index in [1.54, 1.807) is 23.9 Å². The van der Waals surface area contributed by atoms with Gasteiger partial charge in [0.1, 0.15) is 0 Å². The van der Waals surface area contributed by atoms with Gasteiger partial charge in [-0.05, 0) is 65.7 Å². The lowest BCUT2D eigenvalue weighted by Crippen LogP contribution is -2.32. The fourth-order valence-corrected chi connectivity index (χ4v) is 5.25. The van der Waals surface area contributed by atoms with Gasteiger partial charge in [-0.2, -0.15) is 0 Å². The molecule has 0 aliphatic heterocycles. The predicted octanol–water partition coefficient (Wildman–Crippen LogP) is 7.82. The summed E-state index contributed by atoms with van der Waals surface area (Å²) in [5.41, 5.74) is 3.71. The summed E-state index contributed by atoms with van der Waals surface area (Å²) in [4.78, 5) is 12.7. The summed E-state index contributed by atoms with van der Waals surface area (Å²) in [6.45, 7) is 3.91. The first-order valence-corrected chi connectivity index (χ1v) is 13.3. The van der Waals surface area contributed by atoms with E-state index < -0.39 is 6.04 Å². The highest BCUT2D eigenvalue weighted by Gasteiger charge is 2.23. The van der Waals surface area contributed by atoms with Crippen LogP contribution in [-0.2, 0) is 5.75 Å². The number of hydrogen-bond acceptors (Lipinski definition) is 4. The standard InChI is InChI=1S/C25H22BrCl2N5OS/c1-15-6-5-7-17(12-15)14-35-25-32-31-23(33(25)22-11-10-18(27)13-20(22)28)16(2)29-24(34)30-21-9-4-3-8-19(21)26/h3-13,16H,14H2,1-2H3,(H2,29,30,34). The number of halogens is 3. The summed E-state index contributed by atoms with van der Waals surface area (Å²) >= 11 is 17.7. The minimum Gasteiger partial charge on any atom is -0.328 e. The molecule has 1 aromatic heterocycles. The average molecular weight is 591 g/mol. The molecule has 0 aliphatic rings. The van der Waals surface area contributed by atoms with E-state index in [-0.39, 0.29) is 6.03 Å². The molecule has 35 heavy (non-hydrogen) atoms. The number of anilines is 1. The molecule has 6 nitrogen and oxygen atoms in total. The number of aryl methyl sites for hydroxylation is 1. The Morgan fingerprint density at radius 3 is 2.63 bits per heavy atom. The highest BCUT2D eigenvalue weighted by molar-refractivity contribution is 9.10. The van der Waals surface area contributed by atoms with E-state index in [0.29, 0.717) is 38.2 Å². The maximum atomic E-state index is 12.7. The molecule has 2 amide bonds. The summed E-state index contributed by atoms with van der Waals surface area (Å²) in [5, 5.41) is 16.3. The fourth-order valence-electron chi connectivity index (χ4n) is 3.48. The van der Waals surface area contributed by atoms with Crippen LogP contribution in [0.15, 0.2) is 76.4 Å². The molecular weight excluding hydrogens is 569 g/mol. The van der Waals surface area contributed by atoms with Gasteiger partial charge in [-0.3, -0.25) is 4.57 Å². The molecule has 0 fully saturated rings. The maximum Gasteiger partial charge on any atom is 0.319 e. The van der Waals surface area contributed by atoms with Gasteiger partial charge in [0.15, 0.2) is 11.0 Å². The zero-order valence-corrected chi connectivity index (χ0v) is 22.8. The Morgan fingerprint density at radius 1 is 1.09 bits per heavy atom. The Labute approximate surface area is 226 Å². The number of nitrogens with zero attached hydrogens (tertiary/aromatic N) is 3. The van der Waals surface area contributed by atoms with Crippen LogP contribution in [0.1, 0.15) is 29.9 Å². The molecule has 1 heterocycles. The molecule has 0 saturated heterocycles. The van der Waals surface area contributed by atoms with Gasteiger partial charge in [-0.25, -0.2) is 4.79 Å². The number of rotatable bonds is 7. The van der Waals surface area contributed by atoms with Gasteiger partial charge in [-0.1, -0.05) is 76.9 Å². The molecule has 1 unspecified atom stereocenters. The fraction of sp³-hybridized carbons (Fsp3) is 0.160.